The second-order valence-electron chi connectivity index (χ2n) is 5.81. The van der Waals surface area contributed by atoms with Crippen LogP contribution in [0.2, 0.25) is 0 Å². The minimum Gasteiger partial charge on any atom is -0.495 e. The number of fused-ring (bicyclic) bond motifs is 1. The van der Waals surface area contributed by atoms with Crippen molar-refractivity contribution in [3.8, 4) is 5.75 Å². The highest BCUT2D eigenvalue weighted by molar-refractivity contribution is 9.10. The third-order valence-corrected chi connectivity index (χ3v) is 4.61. The van der Waals surface area contributed by atoms with Crippen LogP contribution in [0.3, 0.4) is 0 Å². The van der Waals surface area contributed by atoms with Gasteiger partial charge in [-0.15, -0.1) is 0 Å². The molecule has 0 fully saturated rings. The van der Waals surface area contributed by atoms with Crippen LogP contribution in [0.4, 0.5) is 0 Å². The average Bonchev–Trinajstić information content (AvgIpc) is 3.02. The molecule has 26 heavy (non-hydrogen) atoms. The number of allylic oxidation sites excluding steroid dienone is 2. The minimum atomic E-state index is -0.178. The molecule has 2 N–H and O–H groups in total. The number of benzene rings is 1. The van der Waals surface area contributed by atoms with Crippen LogP contribution in [-0.4, -0.2) is 36.3 Å². The maximum Gasteiger partial charge on any atom is 0.252 e. The van der Waals surface area contributed by atoms with Crippen LogP contribution in [-0.2, 0) is 11.2 Å². The molecule has 2 aromatic rings. The predicted octanol–water partition coefficient (Wildman–Crippen LogP) is 2.98. The molecular weight excluding hydrogens is 396 g/mol. The van der Waals surface area contributed by atoms with Gasteiger partial charge in [-0.25, -0.2) is 0 Å². The van der Waals surface area contributed by atoms with E-state index in [1.807, 2.05) is 42.5 Å². The molecule has 0 atom stereocenters. The maximum absolute atomic E-state index is 12.6. The number of aromatic nitrogens is 1. The zero-order chi connectivity index (χ0) is 18.5. The third kappa shape index (κ3) is 4.03. The molecule has 1 heterocycles. The number of hydrogen-bond acceptors (Lipinski definition) is 4. The Morgan fingerprint density at radius 3 is 2.88 bits per heavy atom. The summed E-state index contributed by atoms with van der Waals surface area (Å²) in [6.07, 6.45) is 6.14. The fraction of sp³-hybridized carbons (Fsp3) is 0.200. The number of nitrogens with one attached hydrogen (secondary N) is 1. The summed E-state index contributed by atoms with van der Waals surface area (Å²) in [5.41, 5.74) is 4.37. The molecule has 5 nitrogen and oxygen atoms in total. The topological polar surface area (TPSA) is 71.5 Å². The summed E-state index contributed by atoms with van der Waals surface area (Å²) in [7, 11) is 1.60. The normalized spacial score (nSPS) is 13.2. The molecule has 0 saturated heterocycles. The Kier molecular flexibility index (Phi) is 5.85. The summed E-state index contributed by atoms with van der Waals surface area (Å²) >= 11 is 3.48. The van der Waals surface area contributed by atoms with Crippen LogP contribution in [0.25, 0.3) is 11.6 Å². The van der Waals surface area contributed by atoms with Crippen molar-refractivity contribution >= 4 is 33.5 Å². The van der Waals surface area contributed by atoms with Crippen LogP contribution in [0.5, 0.6) is 5.75 Å². The number of hydrogen-bond donors (Lipinski definition) is 2. The van der Waals surface area contributed by atoms with Gasteiger partial charge in [0.25, 0.3) is 5.91 Å². The lowest BCUT2D eigenvalue weighted by molar-refractivity contribution is -0.115. The first-order chi connectivity index (χ1) is 12.6. The van der Waals surface area contributed by atoms with E-state index in [0.29, 0.717) is 17.7 Å². The zero-order valence-electron chi connectivity index (χ0n) is 14.3. The molecule has 1 aliphatic rings. The number of pyridine rings is 1. The van der Waals surface area contributed by atoms with Crippen molar-refractivity contribution in [3.63, 3.8) is 0 Å². The maximum atomic E-state index is 12.6. The van der Waals surface area contributed by atoms with E-state index in [-0.39, 0.29) is 19.1 Å². The lowest BCUT2D eigenvalue weighted by atomic mass is 10.0. The second kappa shape index (κ2) is 8.29. The first kappa shape index (κ1) is 18.4. The summed E-state index contributed by atoms with van der Waals surface area (Å²) in [4.78, 5) is 16.9. The van der Waals surface area contributed by atoms with Gasteiger partial charge in [0.05, 0.1) is 31.2 Å². The summed E-state index contributed by atoms with van der Waals surface area (Å²) < 4.78 is 6.09. The fourth-order valence-electron chi connectivity index (χ4n) is 2.88. The van der Waals surface area contributed by atoms with Gasteiger partial charge >= 0.3 is 0 Å². The molecule has 6 heteroatoms. The molecule has 1 aromatic heterocycles. The van der Waals surface area contributed by atoms with Gasteiger partial charge in [-0.05, 0) is 53.5 Å². The molecule has 1 aliphatic carbocycles. The monoisotopic (exact) mass is 414 g/mol. The molecule has 3 rings (SSSR count). The Morgan fingerprint density at radius 1 is 1.35 bits per heavy atom. The molecule has 0 saturated carbocycles. The molecule has 0 bridgehead atoms. The fourth-order valence-corrected chi connectivity index (χ4v) is 3.29. The lowest BCUT2D eigenvalue weighted by Gasteiger charge is -2.08. The van der Waals surface area contributed by atoms with Crippen LogP contribution in [0.1, 0.15) is 16.8 Å². The van der Waals surface area contributed by atoms with Gasteiger partial charge in [-0.3, -0.25) is 9.78 Å². The molecular formula is C20H19BrN2O3. The number of methoxy groups -OCH3 is 1. The van der Waals surface area contributed by atoms with Crippen molar-refractivity contribution < 1.29 is 14.6 Å². The number of amides is 1. The quantitative estimate of drug-likeness (QED) is 0.761. The van der Waals surface area contributed by atoms with Gasteiger partial charge in [0, 0.05) is 11.0 Å². The molecule has 1 amide bonds. The number of halogens is 1. The van der Waals surface area contributed by atoms with Gasteiger partial charge in [0.1, 0.15) is 5.75 Å². The number of rotatable bonds is 6. The minimum absolute atomic E-state index is 0.0901. The molecule has 1 aromatic carbocycles. The Bertz CT molecular complexity index is 873. The highest BCUT2D eigenvalue weighted by Crippen LogP contribution is 2.35. The van der Waals surface area contributed by atoms with E-state index in [1.54, 1.807) is 13.3 Å². The van der Waals surface area contributed by atoms with Crippen molar-refractivity contribution in [3.05, 3.63) is 69.5 Å². The standard InChI is InChI=1S/C20H19BrN2O3/c1-26-17-6-5-16(23-12-17)4-2-13-10-14-11-15(21)3-7-18(14)19(13)20(25)22-8-9-24/h2-7,11-12,24H,8-10H2,1H3,(H,22,25)/b4-2+. The van der Waals surface area contributed by atoms with E-state index in [1.165, 1.54) is 0 Å². The highest BCUT2D eigenvalue weighted by Gasteiger charge is 2.25. The van der Waals surface area contributed by atoms with Crippen molar-refractivity contribution in [2.24, 2.45) is 0 Å². The first-order valence-electron chi connectivity index (χ1n) is 8.21. The molecule has 0 aliphatic heterocycles. The third-order valence-electron chi connectivity index (χ3n) is 4.11. The smallest absolute Gasteiger partial charge is 0.252 e. The van der Waals surface area contributed by atoms with Crippen molar-refractivity contribution in [1.82, 2.24) is 10.3 Å². The van der Waals surface area contributed by atoms with Crippen LogP contribution in [0, 0.1) is 0 Å². The second-order valence-corrected chi connectivity index (χ2v) is 6.73. The van der Waals surface area contributed by atoms with Gasteiger partial charge in [0.2, 0.25) is 0 Å². The average molecular weight is 415 g/mol. The van der Waals surface area contributed by atoms with Gasteiger partial charge in [-0.1, -0.05) is 28.1 Å². The number of aliphatic hydroxyl groups is 1. The Morgan fingerprint density at radius 2 is 2.19 bits per heavy atom. The Balaban J connectivity index is 1.92. The van der Waals surface area contributed by atoms with E-state index < -0.39 is 0 Å². The Hall–Kier alpha value is -2.44. The van der Waals surface area contributed by atoms with E-state index >= 15 is 0 Å². The van der Waals surface area contributed by atoms with E-state index in [9.17, 15) is 4.79 Å². The molecule has 134 valence electrons. The predicted molar refractivity (Wildman–Crippen MR) is 105 cm³/mol. The van der Waals surface area contributed by atoms with Gasteiger partial charge < -0.3 is 15.2 Å². The Labute approximate surface area is 160 Å². The van der Waals surface area contributed by atoms with Crippen molar-refractivity contribution in [2.75, 3.05) is 20.3 Å². The lowest BCUT2D eigenvalue weighted by Crippen LogP contribution is -2.27. The number of carbonyl (C=O) groups is 1. The van der Waals surface area contributed by atoms with E-state index in [0.717, 1.165) is 26.9 Å². The number of aliphatic hydroxyl groups excluding tert-OH is 1. The summed E-state index contributed by atoms with van der Waals surface area (Å²) in [5, 5.41) is 11.7. The molecule has 0 radical (unpaired) electrons. The van der Waals surface area contributed by atoms with Gasteiger partial charge in [-0.2, -0.15) is 0 Å². The van der Waals surface area contributed by atoms with E-state index in [2.05, 4.69) is 26.2 Å². The SMILES string of the molecule is COc1ccc(/C=C/C2=C(C(=O)NCCO)c3ccc(Br)cc3C2)nc1. The zero-order valence-corrected chi connectivity index (χ0v) is 15.9. The number of carbonyl (C=O) groups excluding carboxylic acids is 1. The first-order valence-corrected chi connectivity index (χ1v) is 9.01. The van der Waals surface area contributed by atoms with Crippen LogP contribution < -0.4 is 10.1 Å². The van der Waals surface area contributed by atoms with E-state index in [4.69, 9.17) is 9.84 Å². The molecule has 0 spiro atoms. The van der Waals surface area contributed by atoms with Crippen molar-refractivity contribution in [1.29, 1.82) is 0 Å². The summed E-state index contributed by atoms with van der Waals surface area (Å²) in [5.74, 6) is 0.519. The van der Waals surface area contributed by atoms with Crippen molar-refractivity contribution in [2.45, 2.75) is 6.42 Å². The van der Waals surface area contributed by atoms with Crippen LogP contribution in [0.15, 0.2) is 52.7 Å². The van der Waals surface area contributed by atoms with Crippen LogP contribution >= 0.6 is 15.9 Å². The summed E-state index contributed by atoms with van der Waals surface area (Å²) in [6, 6.07) is 9.60. The number of ether oxygens (including phenoxy) is 1. The summed E-state index contributed by atoms with van der Waals surface area (Å²) in [6.45, 7) is 0.137. The molecule has 0 unspecified atom stereocenters. The largest absolute Gasteiger partial charge is 0.495 e. The highest BCUT2D eigenvalue weighted by atomic mass is 79.9. The van der Waals surface area contributed by atoms with Gasteiger partial charge in [0.15, 0.2) is 0 Å². The number of nitrogens with zero attached hydrogens (tertiary/aromatic N) is 1.